The summed E-state index contributed by atoms with van der Waals surface area (Å²) in [5.41, 5.74) is 0.0714. The Morgan fingerprint density at radius 3 is 2.90 bits per heavy atom. The number of benzene rings is 1. The van der Waals surface area contributed by atoms with Crippen molar-refractivity contribution < 1.29 is 9.15 Å². The molecule has 1 unspecified atom stereocenters. The van der Waals surface area contributed by atoms with Crippen LogP contribution in [0.15, 0.2) is 38.3 Å². The van der Waals surface area contributed by atoms with E-state index in [9.17, 15) is 9.59 Å². The van der Waals surface area contributed by atoms with Crippen LogP contribution in [0.25, 0.3) is 10.9 Å². The Morgan fingerprint density at radius 2 is 2.10 bits per heavy atom. The second-order valence-corrected chi connectivity index (χ2v) is 5.10. The monoisotopic (exact) mass is 275 g/mol. The van der Waals surface area contributed by atoms with Crippen molar-refractivity contribution in [2.45, 2.75) is 38.3 Å². The zero-order chi connectivity index (χ0) is 13.9. The van der Waals surface area contributed by atoms with Gasteiger partial charge in [0.15, 0.2) is 0 Å². The summed E-state index contributed by atoms with van der Waals surface area (Å²) in [6.07, 6.45) is 4.29. The lowest BCUT2D eigenvalue weighted by Gasteiger charge is -2.11. The molecule has 0 spiro atoms. The Hall–Kier alpha value is -1.88. The predicted octanol–water partition coefficient (Wildman–Crippen LogP) is 1.91. The van der Waals surface area contributed by atoms with Crippen LogP contribution in [-0.4, -0.2) is 17.3 Å². The molecule has 0 aliphatic carbocycles. The first-order valence-corrected chi connectivity index (χ1v) is 7.00. The molecule has 2 heterocycles. The van der Waals surface area contributed by atoms with Crippen molar-refractivity contribution in [1.29, 1.82) is 0 Å². The highest BCUT2D eigenvalue weighted by Crippen LogP contribution is 2.17. The lowest BCUT2D eigenvalue weighted by atomic mass is 10.1. The van der Waals surface area contributed by atoms with E-state index < -0.39 is 11.4 Å². The third-order valence-corrected chi connectivity index (χ3v) is 3.75. The van der Waals surface area contributed by atoms with Gasteiger partial charge in [-0.3, -0.25) is 4.57 Å². The van der Waals surface area contributed by atoms with E-state index in [-0.39, 0.29) is 0 Å². The standard InChI is InChI=1S/C15H17NO4/c17-14-12-7-1-2-8-13(12)16(15(18)20-14)9-3-5-11-6-4-10-19-11/h1-2,7-8,11H,3-6,9-10H2. The highest BCUT2D eigenvalue weighted by Gasteiger charge is 2.15. The largest absolute Gasteiger partial charge is 0.422 e. The van der Waals surface area contributed by atoms with Crippen molar-refractivity contribution in [3.05, 3.63) is 45.2 Å². The molecule has 0 amide bonds. The van der Waals surface area contributed by atoms with Gasteiger partial charge >= 0.3 is 11.4 Å². The molecule has 0 bridgehead atoms. The molecule has 0 N–H and O–H groups in total. The number of hydrogen-bond acceptors (Lipinski definition) is 4. The first-order chi connectivity index (χ1) is 9.75. The SMILES string of the molecule is O=c1oc(=O)n(CCCC2CCCO2)c2ccccc12. The van der Waals surface area contributed by atoms with Gasteiger partial charge < -0.3 is 9.15 Å². The molecule has 0 radical (unpaired) electrons. The summed E-state index contributed by atoms with van der Waals surface area (Å²) in [6, 6.07) is 7.04. The van der Waals surface area contributed by atoms with E-state index in [2.05, 4.69) is 0 Å². The van der Waals surface area contributed by atoms with E-state index in [4.69, 9.17) is 9.15 Å². The summed E-state index contributed by atoms with van der Waals surface area (Å²) in [5, 5.41) is 0.448. The molecule has 2 aromatic rings. The Balaban J connectivity index is 1.83. The molecule has 3 rings (SSSR count). The van der Waals surface area contributed by atoms with Gasteiger partial charge in [0.1, 0.15) is 0 Å². The summed E-state index contributed by atoms with van der Waals surface area (Å²) >= 11 is 0. The summed E-state index contributed by atoms with van der Waals surface area (Å²) < 4.78 is 11.9. The predicted molar refractivity (Wildman–Crippen MR) is 75.0 cm³/mol. The quantitative estimate of drug-likeness (QED) is 0.855. The smallest absolute Gasteiger partial charge is 0.378 e. The molecule has 5 nitrogen and oxygen atoms in total. The van der Waals surface area contributed by atoms with Gasteiger partial charge in [0.2, 0.25) is 0 Å². The number of para-hydroxylation sites is 1. The van der Waals surface area contributed by atoms with Crippen LogP contribution < -0.4 is 11.4 Å². The van der Waals surface area contributed by atoms with E-state index >= 15 is 0 Å². The average Bonchev–Trinajstić information content (AvgIpc) is 2.96. The zero-order valence-corrected chi connectivity index (χ0v) is 11.2. The van der Waals surface area contributed by atoms with Gasteiger partial charge in [0.25, 0.3) is 0 Å². The summed E-state index contributed by atoms with van der Waals surface area (Å²) in [6.45, 7) is 1.39. The maximum atomic E-state index is 11.8. The van der Waals surface area contributed by atoms with Crippen LogP contribution >= 0.6 is 0 Å². The molecule has 1 aliphatic rings. The fourth-order valence-electron chi connectivity index (χ4n) is 2.73. The fourth-order valence-corrected chi connectivity index (χ4v) is 2.73. The van der Waals surface area contributed by atoms with Crippen molar-refractivity contribution in [3.63, 3.8) is 0 Å². The number of rotatable bonds is 4. The molecule has 1 aliphatic heterocycles. The van der Waals surface area contributed by atoms with E-state index in [1.165, 1.54) is 4.57 Å². The molecule has 1 atom stereocenters. The minimum absolute atomic E-state index is 0.313. The van der Waals surface area contributed by atoms with Crippen molar-refractivity contribution in [2.75, 3.05) is 6.61 Å². The molecular formula is C15H17NO4. The highest BCUT2D eigenvalue weighted by molar-refractivity contribution is 5.77. The maximum Gasteiger partial charge on any atom is 0.422 e. The van der Waals surface area contributed by atoms with E-state index in [0.717, 1.165) is 32.3 Å². The third kappa shape index (κ3) is 2.54. The molecular weight excluding hydrogens is 258 g/mol. The summed E-state index contributed by atoms with van der Waals surface area (Å²) in [4.78, 5) is 23.5. The molecule has 1 fully saturated rings. The number of nitrogens with zero attached hydrogens (tertiary/aromatic N) is 1. The Kier molecular flexibility index (Phi) is 3.69. The van der Waals surface area contributed by atoms with Crippen molar-refractivity contribution in [3.8, 4) is 0 Å². The van der Waals surface area contributed by atoms with Crippen LogP contribution in [0, 0.1) is 0 Å². The van der Waals surface area contributed by atoms with Gasteiger partial charge in [-0.2, -0.15) is 0 Å². The lowest BCUT2D eigenvalue weighted by Crippen LogP contribution is -2.25. The van der Waals surface area contributed by atoms with Gasteiger partial charge in [-0.15, -0.1) is 0 Å². The van der Waals surface area contributed by atoms with Gasteiger partial charge in [0, 0.05) is 13.2 Å². The van der Waals surface area contributed by atoms with Gasteiger partial charge in [-0.05, 0) is 37.8 Å². The number of hydrogen-bond donors (Lipinski definition) is 0. The van der Waals surface area contributed by atoms with Crippen LogP contribution in [0.1, 0.15) is 25.7 Å². The van der Waals surface area contributed by atoms with Crippen LogP contribution in [0.4, 0.5) is 0 Å². The topological polar surface area (TPSA) is 61.4 Å². The minimum atomic E-state index is -0.582. The first-order valence-electron chi connectivity index (χ1n) is 7.00. The van der Waals surface area contributed by atoms with Crippen molar-refractivity contribution in [2.24, 2.45) is 0 Å². The molecule has 5 heteroatoms. The highest BCUT2D eigenvalue weighted by atomic mass is 16.5. The number of ether oxygens (including phenoxy) is 1. The molecule has 1 aromatic heterocycles. The molecule has 0 saturated carbocycles. The molecule has 1 saturated heterocycles. The third-order valence-electron chi connectivity index (χ3n) is 3.75. The number of aromatic nitrogens is 1. The number of aryl methyl sites for hydroxylation is 1. The van der Waals surface area contributed by atoms with Gasteiger partial charge in [-0.1, -0.05) is 12.1 Å². The Bertz CT molecular complexity index is 710. The second-order valence-electron chi connectivity index (χ2n) is 5.10. The average molecular weight is 275 g/mol. The summed E-state index contributed by atoms with van der Waals surface area (Å²) in [5.74, 6) is -0.582. The maximum absolute atomic E-state index is 11.8. The molecule has 1 aromatic carbocycles. The second kappa shape index (κ2) is 5.63. The normalized spacial score (nSPS) is 18.7. The molecule has 20 heavy (non-hydrogen) atoms. The number of fused-ring (bicyclic) bond motifs is 1. The Morgan fingerprint density at radius 1 is 1.25 bits per heavy atom. The van der Waals surface area contributed by atoms with Gasteiger partial charge in [0.05, 0.1) is 17.0 Å². The van der Waals surface area contributed by atoms with Crippen LogP contribution in [0.3, 0.4) is 0 Å². The van der Waals surface area contributed by atoms with Crippen molar-refractivity contribution >= 4 is 10.9 Å². The minimum Gasteiger partial charge on any atom is -0.378 e. The van der Waals surface area contributed by atoms with Crippen LogP contribution in [0.2, 0.25) is 0 Å². The van der Waals surface area contributed by atoms with Gasteiger partial charge in [-0.25, -0.2) is 9.59 Å². The van der Waals surface area contributed by atoms with E-state index in [1.54, 1.807) is 18.2 Å². The van der Waals surface area contributed by atoms with Crippen LogP contribution in [0.5, 0.6) is 0 Å². The first kappa shape index (κ1) is 13.1. The lowest BCUT2D eigenvalue weighted by molar-refractivity contribution is 0.101. The Labute approximate surface area is 115 Å². The van der Waals surface area contributed by atoms with Crippen molar-refractivity contribution in [1.82, 2.24) is 4.57 Å². The fraction of sp³-hybridized carbons (Fsp3) is 0.467. The summed E-state index contributed by atoms with van der Waals surface area (Å²) in [7, 11) is 0. The zero-order valence-electron chi connectivity index (χ0n) is 11.2. The molecule has 106 valence electrons. The van der Waals surface area contributed by atoms with Crippen LogP contribution in [-0.2, 0) is 11.3 Å². The van der Waals surface area contributed by atoms with E-state index in [1.807, 2.05) is 6.07 Å². The van der Waals surface area contributed by atoms with E-state index in [0.29, 0.717) is 23.6 Å².